The van der Waals surface area contributed by atoms with Crippen LogP contribution >= 0.6 is 0 Å². The molecular weight excluding hydrogens is 264 g/mol. The van der Waals surface area contributed by atoms with Crippen LogP contribution in [0.3, 0.4) is 0 Å². The molecule has 0 saturated carbocycles. The molecular formula is C10H13F2N3O4. The normalized spacial score (nSPS) is 33.5. The third-order valence-corrected chi connectivity index (χ3v) is 3.19. The monoisotopic (exact) mass is 277 g/mol. The summed E-state index contributed by atoms with van der Waals surface area (Å²) in [4.78, 5) is 15.0. The Labute approximate surface area is 106 Å². The Morgan fingerprint density at radius 1 is 1.63 bits per heavy atom. The van der Waals surface area contributed by atoms with Crippen LogP contribution in [0, 0.1) is 0 Å². The van der Waals surface area contributed by atoms with Crippen molar-refractivity contribution in [2.75, 3.05) is 12.3 Å². The summed E-state index contributed by atoms with van der Waals surface area (Å²) in [5.74, 6) is -3.90. The molecule has 2 heterocycles. The van der Waals surface area contributed by atoms with E-state index in [-0.39, 0.29) is 5.82 Å². The molecule has 3 atom stereocenters. The number of aliphatic hydroxyl groups is 2. The second-order valence-electron chi connectivity index (χ2n) is 4.39. The SMILES string of the molecule is CC1(n2ccc(N)nc2=O)OC(CO)C(O)C1(F)F. The van der Waals surface area contributed by atoms with Crippen molar-refractivity contribution in [2.45, 2.75) is 30.8 Å². The van der Waals surface area contributed by atoms with Crippen LogP contribution in [0.4, 0.5) is 14.6 Å². The van der Waals surface area contributed by atoms with Crippen molar-refractivity contribution < 1.29 is 23.7 Å². The van der Waals surface area contributed by atoms with Gasteiger partial charge in [0.2, 0.25) is 5.72 Å². The van der Waals surface area contributed by atoms with Crippen molar-refractivity contribution >= 4 is 5.82 Å². The third-order valence-electron chi connectivity index (χ3n) is 3.19. The number of aromatic nitrogens is 2. The standard InChI is InChI=1S/C10H13F2N3O4/c1-9(15-3-2-6(13)14-8(15)18)10(11,12)7(17)5(4-16)19-9/h2-3,5,7,16-17H,4H2,1H3,(H2,13,14,18). The van der Waals surface area contributed by atoms with Gasteiger partial charge in [0.1, 0.15) is 11.9 Å². The first-order chi connectivity index (χ1) is 8.74. The number of aliphatic hydroxyl groups excluding tert-OH is 2. The summed E-state index contributed by atoms with van der Waals surface area (Å²) in [6.45, 7) is 0.134. The van der Waals surface area contributed by atoms with E-state index < -0.39 is 36.2 Å². The van der Waals surface area contributed by atoms with Gasteiger partial charge in [-0.25, -0.2) is 4.79 Å². The van der Waals surface area contributed by atoms with Crippen LogP contribution < -0.4 is 11.4 Å². The molecule has 106 valence electrons. The highest BCUT2D eigenvalue weighted by Crippen LogP contribution is 2.46. The van der Waals surface area contributed by atoms with Crippen molar-refractivity contribution in [3.05, 3.63) is 22.7 Å². The van der Waals surface area contributed by atoms with Crippen LogP contribution in [0.5, 0.6) is 0 Å². The van der Waals surface area contributed by atoms with Gasteiger partial charge in [0.15, 0.2) is 6.10 Å². The summed E-state index contributed by atoms with van der Waals surface area (Å²) < 4.78 is 33.7. The van der Waals surface area contributed by atoms with Gasteiger partial charge in [-0.3, -0.25) is 4.57 Å². The molecule has 1 fully saturated rings. The van der Waals surface area contributed by atoms with Gasteiger partial charge in [-0.15, -0.1) is 0 Å². The van der Waals surface area contributed by atoms with E-state index in [9.17, 15) is 18.7 Å². The number of nitrogen functional groups attached to an aromatic ring is 1. The van der Waals surface area contributed by atoms with E-state index in [1.54, 1.807) is 0 Å². The smallest absolute Gasteiger partial charge is 0.352 e. The maximum atomic E-state index is 14.1. The first-order valence-corrected chi connectivity index (χ1v) is 5.44. The van der Waals surface area contributed by atoms with Crippen LogP contribution in [0.2, 0.25) is 0 Å². The number of nitrogens with two attached hydrogens (primary N) is 1. The molecule has 1 aliphatic heterocycles. The topological polar surface area (TPSA) is 111 Å². The molecule has 0 bridgehead atoms. The van der Waals surface area contributed by atoms with E-state index in [1.807, 2.05) is 0 Å². The maximum Gasteiger partial charge on any atom is 0.352 e. The molecule has 3 unspecified atom stereocenters. The fourth-order valence-electron chi connectivity index (χ4n) is 2.04. The number of hydrogen-bond donors (Lipinski definition) is 3. The lowest BCUT2D eigenvalue weighted by molar-refractivity contribution is -0.210. The van der Waals surface area contributed by atoms with E-state index in [4.69, 9.17) is 15.6 Å². The molecule has 7 nitrogen and oxygen atoms in total. The van der Waals surface area contributed by atoms with E-state index in [0.717, 1.165) is 19.2 Å². The molecule has 0 aliphatic carbocycles. The quantitative estimate of drug-likeness (QED) is 0.632. The number of alkyl halides is 2. The van der Waals surface area contributed by atoms with Gasteiger partial charge in [0, 0.05) is 6.20 Å². The molecule has 0 spiro atoms. The molecule has 0 aromatic carbocycles. The number of ether oxygens (including phenoxy) is 1. The zero-order chi connectivity index (χ0) is 14.4. The minimum atomic E-state index is -3.78. The van der Waals surface area contributed by atoms with Gasteiger partial charge in [-0.05, 0) is 13.0 Å². The predicted molar refractivity (Wildman–Crippen MR) is 59.5 cm³/mol. The van der Waals surface area contributed by atoms with Crippen molar-refractivity contribution in [1.29, 1.82) is 0 Å². The molecule has 2 rings (SSSR count). The van der Waals surface area contributed by atoms with Crippen molar-refractivity contribution in [1.82, 2.24) is 9.55 Å². The lowest BCUT2D eigenvalue weighted by Crippen LogP contribution is -2.53. The second-order valence-corrected chi connectivity index (χ2v) is 4.39. The average Bonchev–Trinajstić information content (AvgIpc) is 2.50. The summed E-state index contributed by atoms with van der Waals surface area (Å²) in [5, 5.41) is 18.4. The van der Waals surface area contributed by atoms with E-state index >= 15 is 0 Å². The summed E-state index contributed by atoms with van der Waals surface area (Å²) >= 11 is 0. The third kappa shape index (κ3) is 1.81. The highest BCUT2D eigenvalue weighted by molar-refractivity contribution is 5.24. The number of rotatable bonds is 2. The van der Waals surface area contributed by atoms with Crippen LogP contribution in [-0.4, -0.2) is 44.5 Å². The number of hydrogen-bond acceptors (Lipinski definition) is 6. The number of nitrogens with zero attached hydrogens (tertiary/aromatic N) is 2. The van der Waals surface area contributed by atoms with Gasteiger partial charge < -0.3 is 20.7 Å². The van der Waals surface area contributed by atoms with Gasteiger partial charge in [0.25, 0.3) is 0 Å². The highest BCUT2D eigenvalue weighted by atomic mass is 19.3. The first kappa shape index (κ1) is 13.8. The Morgan fingerprint density at radius 3 is 2.74 bits per heavy atom. The van der Waals surface area contributed by atoms with E-state index in [2.05, 4.69) is 4.98 Å². The summed E-state index contributed by atoms with van der Waals surface area (Å²) in [7, 11) is 0. The zero-order valence-corrected chi connectivity index (χ0v) is 9.96. The van der Waals surface area contributed by atoms with Gasteiger partial charge in [-0.2, -0.15) is 13.8 Å². The lowest BCUT2D eigenvalue weighted by Gasteiger charge is -2.31. The fourth-order valence-corrected chi connectivity index (χ4v) is 2.04. The van der Waals surface area contributed by atoms with Crippen LogP contribution in [-0.2, 0) is 10.5 Å². The Hall–Kier alpha value is -1.58. The molecule has 1 aromatic heterocycles. The number of halogens is 2. The molecule has 0 amide bonds. The van der Waals surface area contributed by atoms with Gasteiger partial charge >= 0.3 is 11.6 Å². The van der Waals surface area contributed by atoms with Crippen molar-refractivity contribution in [2.24, 2.45) is 0 Å². The van der Waals surface area contributed by atoms with Crippen LogP contribution in [0.15, 0.2) is 17.1 Å². The van der Waals surface area contributed by atoms with Crippen LogP contribution in [0.1, 0.15) is 6.92 Å². The Morgan fingerprint density at radius 2 is 2.26 bits per heavy atom. The minimum absolute atomic E-state index is 0.120. The molecule has 1 aliphatic rings. The Kier molecular flexibility index (Phi) is 3.07. The van der Waals surface area contributed by atoms with Crippen molar-refractivity contribution in [3.63, 3.8) is 0 Å². The summed E-state index contributed by atoms with van der Waals surface area (Å²) in [6, 6.07) is 1.16. The van der Waals surface area contributed by atoms with Crippen LogP contribution in [0.25, 0.3) is 0 Å². The number of anilines is 1. The molecule has 0 radical (unpaired) electrons. The molecule has 4 N–H and O–H groups in total. The minimum Gasteiger partial charge on any atom is -0.394 e. The summed E-state index contributed by atoms with van der Waals surface area (Å²) in [5.41, 5.74) is 1.79. The van der Waals surface area contributed by atoms with Crippen molar-refractivity contribution in [3.8, 4) is 0 Å². The molecule has 9 heteroatoms. The lowest BCUT2D eigenvalue weighted by atomic mass is 10.0. The fraction of sp³-hybridized carbons (Fsp3) is 0.600. The largest absolute Gasteiger partial charge is 0.394 e. The molecule has 1 aromatic rings. The van der Waals surface area contributed by atoms with E-state index in [1.165, 1.54) is 0 Å². The maximum absolute atomic E-state index is 14.1. The Bertz CT molecular complexity index is 550. The predicted octanol–water partition coefficient (Wildman–Crippen LogP) is -1.11. The van der Waals surface area contributed by atoms with E-state index in [0.29, 0.717) is 4.57 Å². The molecule has 19 heavy (non-hydrogen) atoms. The van der Waals surface area contributed by atoms with Gasteiger partial charge in [-0.1, -0.05) is 0 Å². The summed E-state index contributed by atoms with van der Waals surface area (Å²) in [6.07, 6.45) is -2.72. The van der Waals surface area contributed by atoms with Gasteiger partial charge in [0.05, 0.1) is 6.61 Å². The first-order valence-electron chi connectivity index (χ1n) is 5.44. The average molecular weight is 277 g/mol. The Balaban J connectivity index is 2.56. The highest BCUT2D eigenvalue weighted by Gasteiger charge is 2.67. The zero-order valence-electron chi connectivity index (χ0n) is 9.96. The second kappa shape index (κ2) is 4.22. The molecule has 1 saturated heterocycles.